The summed E-state index contributed by atoms with van der Waals surface area (Å²) in [6, 6.07) is 7.90. The Hall–Kier alpha value is -3.69. The zero-order valence-electron chi connectivity index (χ0n) is 17.4. The topological polar surface area (TPSA) is 128 Å². The summed E-state index contributed by atoms with van der Waals surface area (Å²) >= 11 is 0. The number of amides is 2. The van der Waals surface area contributed by atoms with Crippen molar-refractivity contribution in [2.75, 3.05) is 23.4 Å². The number of hydrogen-bond donors (Lipinski definition) is 1. The van der Waals surface area contributed by atoms with E-state index in [1.807, 2.05) is 0 Å². The molecule has 1 N–H and O–H groups in total. The number of rotatable bonds is 7. The predicted octanol–water partition coefficient (Wildman–Crippen LogP) is 2.08. The molecule has 10 heteroatoms. The second-order valence-electron chi connectivity index (χ2n) is 7.39. The summed E-state index contributed by atoms with van der Waals surface area (Å²) in [4.78, 5) is 49.9. The number of hydrogen-bond acceptors (Lipinski definition) is 8. The van der Waals surface area contributed by atoms with Crippen LogP contribution in [-0.4, -0.2) is 48.2 Å². The van der Waals surface area contributed by atoms with Gasteiger partial charge >= 0.3 is 11.9 Å². The smallest absolute Gasteiger partial charge is 0.338 e. The molecule has 0 saturated carbocycles. The molecule has 10 nitrogen and oxygen atoms in total. The van der Waals surface area contributed by atoms with E-state index in [-0.39, 0.29) is 30.8 Å². The molecule has 31 heavy (non-hydrogen) atoms. The van der Waals surface area contributed by atoms with Gasteiger partial charge in [-0.05, 0) is 45.0 Å². The molecule has 164 valence electrons. The third-order valence-corrected chi connectivity index (χ3v) is 4.46. The maximum absolute atomic E-state index is 12.4. The minimum absolute atomic E-state index is 0.0277. The van der Waals surface area contributed by atoms with Crippen molar-refractivity contribution in [3.63, 3.8) is 0 Å². The Labute approximate surface area is 178 Å². The fourth-order valence-electron chi connectivity index (χ4n) is 3.03. The van der Waals surface area contributed by atoms with E-state index in [0.717, 1.165) is 0 Å². The van der Waals surface area contributed by atoms with E-state index >= 15 is 0 Å². The normalized spacial score (nSPS) is 15.8. The molecule has 1 aliphatic heterocycles. The molecule has 0 aliphatic carbocycles. The monoisotopic (exact) mass is 429 g/mol. The van der Waals surface area contributed by atoms with Crippen LogP contribution >= 0.6 is 0 Å². The summed E-state index contributed by atoms with van der Waals surface area (Å²) in [5, 5.41) is 6.06. The van der Waals surface area contributed by atoms with Crippen LogP contribution in [0.25, 0.3) is 0 Å². The fraction of sp³-hybridized carbons (Fsp3) is 0.381. The van der Waals surface area contributed by atoms with Crippen LogP contribution in [0.3, 0.4) is 0 Å². The van der Waals surface area contributed by atoms with E-state index in [0.29, 0.717) is 17.0 Å². The SMILES string of the molecule is Cc1cc(NC(=O)COC(=O)C2CC(=O)N(c3ccc(C(=O)OC(C)C)cc3)C2)no1. The second kappa shape index (κ2) is 9.41. The summed E-state index contributed by atoms with van der Waals surface area (Å²) in [6.07, 6.45) is -0.263. The van der Waals surface area contributed by atoms with Crippen LogP contribution in [0.5, 0.6) is 0 Å². The first-order chi connectivity index (χ1) is 14.7. The van der Waals surface area contributed by atoms with Crippen molar-refractivity contribution in [1.29, 1.82) is 0 Å². The van der Waals surface area contributed by atoms with Gasteiger partial charge in [0, 0.05) is 24.7 Å². The van der Waals surface area contributed by atoms with Gasteiger partial charge in [-0.1, -0.05) is 5.16 Å². The summed E-state index contributed by atoms with van der Waals surface area (Å²) in [5.74, 6) is -1.84. The Morgan fingerprint density at radius 3 is 2.58 bits per heavy atom. The van der Waals surface area contributed by atoms with Gasteiger partial charge in [-0.2, -0.15) is 0 Å². The lowest BCUT2D eigenvalue weighted by Crippen LogP contribution is -2.28. The van der Waals surface area contributed by atoms with E-state index < -0.39 is 30.4 Å². The molecule has 2 aromatic rings. The summed E-state index contributed by atoms with van der Waals surface area (Å²) in [7, 11) is 0. The van der Waals surface area contributed by atoms with Gasteiger partial charge in [0.1, 0.15) is 5.76 Å². The molecule has 3 rings (SSSR count). The second-order valence-corrected chi connectivity index (χ2v) is 7.39. The van der Waals surface area contributed by atoms with Crippen LogP contribution in [0.4, 0.5) is 11.5 Å². The van der Waals surface area contributed by atoms with Gasteiger partial charge in [0.25, 0.3) is 5.91 Å². The summed E-state index contributed by atoms with van der Waals surface area (Å²) < 4.78 is 15.0. The highest BCUT2D eigenvalue weighted by Gasteiger charge is 2.36. The van der Waals surface area contributed by atoms with Crippen molar-refractivity contribution in [1.82, 2.24) is 5.16 Å². The van der Waals surface area contributed by atoms with Gasteiger partial charge in [-0.3, -0.25) is 14.4 Å². The molecule has 1 fully saturated rings. The zero-order valence-corrected chi connectivity index (χ0v) is 17.4. The van der Waals surface area contributed by atoms with Crippen LogP contribution in [0.2, 0.25) is 0 Å². The van der Waals surface area contributed by atoms with E-state index in [9.17, 15) is 19.2 Å². The molecular weight excluding hydrogens is 406 g/mol. The number of benzene rings is 1. The molecule has 1 aliphatic rings. The van der Waals surface area contributed by atoms with Crippen LogP contribution in [0, 0.1) is 12.8 Å². The highest BCUT2D eigenvalue weighted by molar-refractivity contribution is 6.00. The largest absolute Gasteiger partial charge is 0.459 e. The predicted molar refractivity (Wildman–Crippen MR) is 108 cm³/mol. The quantitative estimate of drug-likeness (QED) is 0.663. The Kier molecular flexibility index (Phi) is 6.68. The van der Waals surface area contributed by atoms with Crippen molar-refractivity contribution < 1.29 is 33.2 Å². The van der Waals surface area contributed by atoms with Crippen molar-refractivity contribution in [2.24, 2.45) is 5.92 Å². The minimum atomic E-state index is -0.694. The van der Waals surface area contributed by atoms with Gasteiger partial charge in [-0.25, -0.2) is 4.79 Å². The average Bonchev–Trinajstić information content (AvgIpc) is 3.31. The molecule has 1 aromatic heterocycles. The first kappa shape index (κ1) is 22.0. The van der Waals surface area contributed by atoms with Crippen molar-refractivity contribution in [3.05, 3.63) is 41.7 Å². The summed E-state index contributed by atoms with van der Waals surface area (Å²) in [6.45, 7) is 4.82. The van der Waals surface area contributed by atoms with Crippen molar-refractivity contribution in [2.45, 2.75) is 33.3 Å². The molecule has 2 amide bonds. The lowest BCUT2D eigenvalue weighted by molar-refractivity contribution is -0.151. The highest BCUT2D eigenvalue weighted by Crippen LogP contribution is 2.26. The molecule has 1 aromatic carbocycles. The third kappa shape index (κ3) is 5.68. The number of anilines is 2. The maximum atomic E-state index is 12.4. The number of carbonyl (C=O) groups excluding carboxylic acids is 4. The molecule has 0 spiro atoms. The lowest BCUT2D eigenvalue weighted by Gasteiger charge is -2.17. The Morgan fingerprint density at radius 2 is 1.97 bits per heavy atom. The molecule has 2 heterocycles. The maximum Gasteiger partial charge on any atom is 0.338 e. The molecule has 1 unspecified atom stereocenters. The van der Waals surface area contributed by atoms with Gasteiger partial charge in [0.05, 0.1) is 17.6 Å². The molecular formula is C21H23N3O7. The number of carbonyl (C=O) groups is 4. The first-order valence-electron chi connectivity index (χ1n) is 9.74. The minimum Gasteiger partial charge on any atom is -0.459 e. The first-order valence-corrected chi connectivity index (χ1v) is 9.74. The van der Waals surface area contributed by atoms with E-state index in [2.05, 4.69) is 10.5 Å². The number of aryl methyl sites for hydroxylation is 1. The standard InChI is InChI=1S/C21H23N3O7/c1-12(2)30-21(28)14-4-6-16(7-5-14)24-10-15(9-19(24)26)20(27)29-11-18(25)22-17-8-13(3)31-23-17/h4-8,12,15H,9-11H2,1-3H3,(H,22,23,25). The van der Waals surface area contributed by atoms with Gasteiger partial charge in [0.2, 0.25) is 5.91 Å². The molecule has 1 saturated heterocycles. The fourth-order valence-corrected chi connectivity index (χ4v) is 3.03. The molecule has 0 bridgehead atoms. The zero-order chi connectivity index (χ0) is 22.5. The van der Waals surface area contributed by atoms with Crippen LogP contribution < -0.4 is 10.2 Å². The Balaban J connectivity index is 1.52. The van der Waals surface area contributed by atoms with Crippen molar-refractivity contribution in [3.8, 4) is 0 Å². The highest BCUT2D eigenvalue weighted by atomic mass is 16.5. The van der Waals surface area contributed by atoms with Crippen molar-refractivity contribution >= 4 is 35.3 Å². The number of esters is 2. The van der Waals surface area contributed by atoms with Gasteiger partial charge in [0.15, 0.2) is 12.4 Å². The molecule has 1 atom stereocenters. The third-order valence-electron chi connectivity index (χ3n) is 4.46. The van der Waals surface area contributed by atoms with E-state index in [4.69, 9.17) is 14.0 Å². The van der Waals surface area contributed by atoms with E-state index in [1.165, 1.54) is 11.0 Å². The Morgan fingerprint density at radius 1 is 1.26 bits per heavy atom. The van der Waals surface area contributed by atoms with Gasteiger partial charge in [-0.15, -0.1) is 0 Å². The molecule has 0 radical (unpaired) electrons. The number of nitrogens with zero attached hydrogens (tertiary/aromatic N) is 2. The summed E-state index contributed by atoms with van der Waals surface area (Å²) in [5.41, 5.74) is 0.925. The number of aromatic nitrogens is 1. The van der Waals surface area contributed by atoms with E-state index in [1.54, 1.807) is 45.0 Å². The average molecular weight is 429 g/mol. The number of nitrogens with one attached hydrogen (secondary N) is 1. The van der Waals surface area contributed by atoms with Crippen LogP contribution in [-0.2, 0) is 23.9 Å². The van der Waals surface area contributed by atoms with Crippen LogP contribution in [0.15, 0.2) is 34.9 Å². The van der Waals surface area contributed by atoms with Crippen LogP contribution in [0.1, 0.15) is 36.4 Å². The Bertz CT molecular complexity index is 981. The number of ether oxygens (including phenoxy) is 2. The lowest BCUT2D eigenvalue weighted by atomic mass is 10.1. The van der Waals surface area contributed by atoms with Gasteiger partial charge < -0.3 is 24.2 Å².